The molecule has 1 N–H and O–H groups in total. The summed E-state index contributed by atoms with van der Waals surface area (Å²) in [7, 11) is -2.97. The summed E-state index contributed by atoms with van der Waals surface area (Å²) in [5.41, 5.74) is 0. The second-order valence-electron chi connectivity index (χ2n) is 2.69. The average molecular weight is 162 g/mol. The Bertz CT molecular complexity index is 194. The standard InChI is InChI=1S/C6H12NO2S/c1-10(8,9)7-5-4-6-2-3-6/h4,6-7H,2-3,5H2,1H3. The highest BCUT2D eigenvalue weighted by molar-refractivity contribution is 7.88. The molecule has 1 saturated carbocycles. The molecule has 3 nitrogen and oxygen atoms in total. The molecule has 1 aliphatic rings. The molecule has 4 heteroatoms. The van der Waals surface area contributed by atoms with E-state index in [0.717, 1.165) is 0 Å². The fourth-order valence-corrected chi connectivity index (χ4v) is 1.10. The quantitative estimate of drug-likeness (QED) is 0.639. The summed E-state index contributed by atoms with van der Waals surface area (Å²) in [4.78, 5) is 0. The topological polar surface area (TPSA) is 46.2 Å². The second kappa shape index (κ2) is 2.88. The van der Waals surface area contributed by atoms with Crippen molar-refractivity contribution in [3.8, 4) is 0 Å². The lowest BCUT2D eigenvalue weighted by molar-refractivity contribution is 0.589. The number of hydrogen-bond acceptors (Lipinski definition) is 2. The molecular formula is C6H12NO2S. The molecule has 59 valence electrons. The molecule has 0 heterocycles. The molecule has 1 rings (SSSR count). The molecule has 1 fully saturated rings. The van der Waals surface area contributed by atoms with Crippen LogP contribution in [0.15, 0.2) is 0 Å². The largest absolute Gasteiger partial charge is 0.215 e. The third-order valence-corrected chi connectivity index (χ3v) is 2.11. The molecule has 1 aliphatic carbocycles. The van der Waals surface area contributed by atoms with E-state index in [1.54, 1.807) is 0 Å². The highest BCUT2D eigenvalue weighted by Crippen LogP contribution is 2.30. The van der Waals surface area contributed by atoms with Crippen molar-refractivity contribution < 1.29 is 8.42 Å². The first kappa shape index (κ1) is 8.01. The van der Waals surface area contributed by atoms with Crippen LogP contribution in [0.4, 0.5) is 0 Å². The van der Waals surface area contributed by atoms with Crippen molar-refractivity contribution in [2.24, 2.45) is 5.92 Å². The maximum Gasteiger partial charge on any atom is 0.208 e. The van der Waals surface area contributed by atoms with E-state index in [-0.39, 0.29) is 0 Å². The first-order chi connectivity index (χ1) is 4.58. The van der Waals surface area contributed by atoms with E-state index in [0.29, 0.717) is 12.5 Å². The third kappa shape index (κ3) is 3.85. The lowest BCUT2D eigenvalue weighted by atomic mass is 10.3. The summed E-state index contributed by atoms with van der Waals surface area (Å²) in [5, 5.41) is 0. The third-order valence-electron chi connectivity index (χ3n) is 1.42. The van der Waals surface area contributed by atoms with Gasteiger partial charge in [0.15, 0.2) is 0 Å². The summed E-state index contributed by atoms with van der Waals surface area (Å²) < 4.78 is 23.4. The van der Waals surface area contributed by atoms with Gasteiger partial charge in [0.2, 0.25) is 10.0 Å². The average Bonchev–Trinajstić information content (AvgIpc) is 2.45. The van der Waals surface area contributed by atoms with Crippen LogP contribution in [0.3, 0.4) is 0 Å². The molecular weight excluding hydrogens is 150 g/mol. The Morgan fingerprint density at radius 1 is 1.60 bits per heavy atom. The Labute approximate surface area is 61.9 Å². The lowest BCUT2D eigenvalue weighted by Gasteiger charge is -1.98. The molecule has 0 unspecified atom stereocenters. The van der Waals surface area contributed by atoms with Gasteiger partial charge in [-0.25, -0.2) is 13.1 Å². The molecule has 0 aromatic heterocycles. The molecule has 0 aromatic rings. The van der Waals surface area contributed by atoms with Gasteiger partial charge in [0.05, 0.1) is 6.26 Å². The Morgan fingerprint density at radius 2 is 2.20 bits per heavy atom. The van der Waals surface area contributed by atoms with Gasteiger partial charge in [-0.15, -0.1) is 0 Å². The van der Waals surface area contributed by atoms with E-state index in [4.69, 9.17) is 0 Å². The minimum atomic E-state index is -2.97. The van der Waals surface area contributed by atoms with Crippen molar-refractivity contribution in [2.45, 2.75) is 12.8 Å². The van der Waals surface area contributed by atoms with E-state index < -0.39 is 10.0 Å². The predicted octanol–water partition coefficient (Wildman–Crippen LogP) is 0.150. The molecule has 10 heavy (non-hydrogen) atoms. The van der Waals surface area contributed by atoms with Crippen molar-refractivity contribution in [3.63, 3.8) is 0 Å². The zero-order valence-corrected chi connectivity index (χ0v) is 6.82. The molecule has 0 saturated heterocycles. The number of nitrogens with one attached hydrogen (secondary N) is 1. The monoisotopic (exact) mass is 162 g/mol. The SMILES string of the molecule is CS(=O)(=O)NC[CH]C1CC1. The van der Waals surface area contributed by atoms with Crippen LogP contribution in [0.2, 0.25) is 0 Å². The van der Waals surface area contributed by atoms with Crippen molar-refractivity contribution in [1.29, 1.82) is 0 Å². The van der Waals surface area contributed by atoms with Crippen LogP contribution in [0.25, 0.3) is 0 Å². The van der Waals surface area contributed by atoms with Gasteiger partial charge in [-0.05, 0) is 25.2 Å². The second-order valence-corrected chi connectivity index (χ2v) is 4.53. The first-order valence-corrected chi connectivity index (χ1v) is 5.25. The normalized spacial score (nSPS) is 19.3. The van der Waals surface area contributed by atoms with Crippen molar-refractivity contribution in [2.75, 3.05) is 12.8 Å². The van der Waals surface area contributed by atoms with Crippen LogP contribution in [-0.4, -0.2) is 21.2 Å². The van der Waals surface area contributed by atoms with Gasteiger partial charge in [0.25, 0.3) is 0 Å². The number of rotatable bonds is 4. The molecule has 0 atom stereocenters. The molecule has 0 aromatic carbocycles. The van der Waals surface area contributed by atoms with Gasteiger partial charge in [-0.3, -0.25) is 0 Å². The Hall–Kier alpha value is -0.0900. The Balaban J connectivity index is 2.04. The van der Waals surface area contributed by atoms with Crippen LogP contribution in [0, 0.1) is 12.3 Å². The minimum Gasteiger partial charge on any atom is -0.215 e. The van der Waals surface area contributed by atoms with Crippen LogP contribution in [-0.2, 0) is 10.0 Å². The maximum atomic E-state index is 10.5. The predicted molar refractivity (Wildman–Crippen MR) is 39.9 cm³/mol. The molecule has 1 radical (unpaired) electrons. The van der Waals surface area contributed by atoms with E-state index >= 15 is 0 Å². The fraction of sp³-hybridized carbons (Fsp3) is 0.833. The van der Waals surface area contributed by atoms with Gasteiger partial charge in [0.1, 0.15) is 0 Å². The molecule has 0 aliphatic heterocycles. The minimum absolute atomic E-state index is 0.490. The van der Waals surface area contributed by atoms with Crippen molar-refractivity contribution >= 4 is 10.0 Å². The summed E-state index contributed by atoms with van der Waals surface area (Å²) in [5.74, 6) is 0.675. The van der Waals surface area contributed by atoms with Crippen molar-refractivity contribution in [1.82, 2.24) is 4.72 Å². The van der Waals surface area contributed by atoms with E-state index in [2.05, 4.69) is 4.72 Å². The smallest absolute Gasteiger partial charge is 0.208 e. The fourth-order valence-electron chi connectivity index (χ4n) is 0.698. The van der Waals surface area contributed by atoms with Gasteiger partial charge in [0, 0.05) is 6.54 Å². The maximum absolute atomic E-state index is 10.5. The van der Waals surface area contributed by atoms with E-state index in [1.807, 2.05) is 6.42 Å². The Morgan fingerprint density at radius 3 is 2.60 bits per heavy atom. The van der Waals surface area contributed by atoms with Gasteiger partial charge >= 0.3 is 0 Å². The van der Waals surface area contributed by atoms with E-state index in [9.17, 15) is 8.42 Å². The summed E-state index contributed by atoms with van der Waals surface area (Å²) >= 11 is 0. The lowest BCUT2D eigenvalue weighted by Crippen LogP contribution is -2.23. The highest BCUT2D eigenvalue weighted by Gasteiger charge is 2.20. The van der Waals surface area contributed by atoms with E-state index in [1.165, 1.54) is 19.1 Å². The number of sulfonamides is 1. The molecule has 0 amide bonds. The van der Waals surface area contributed by atoms with Crippen molar-refractivity contribution in [3.05, 3.63) is 6.42 Å². The highest BCUT2D eigenvalue weighted by atomic mass is 32.2. The molecule has 0 bridgehead atoms. The zero-order chi connectivity index (χ0) is 7.61. The zero-order valence-electron chi connectivity index (χ0n) is 6.00. The van der Waals surface area contributed by atoms with Gasteiger partial charge < -0.3 is 0 Å². The molecule has 0 spiro atoms. The van der Waals surface area contributed by atoms with Crippen LogP contribution >= 0.6 is 0 Å². The van der Waals surface area contributed by atoms with Gasteiger partial charge in [-0.2, -0.15) is 0 Å². The summed E-state index contributed by atoms with van der Waals surface area (Å²) in [6.45, 7) is 0.490. The summed E-state index contributed by atoms with van der Waals surface area (Å²) in [6, 6.07) is 0. The van der Waals surface area contributed by atoms with Gasteiger partial charge in [-0.1, -0.05) is 0 Å². The number of hydrogen-bond donors (Lipinski definition) is 1. The van der Waals surface area contributed by atoms with Crippen LogP contribution in [0.5, 0.6) is 0 Å². The van der Waals surface area contributed by atoms with Crippen LogP contribution < -0.4 is 4.72 Å². The first-order valence-electron chi connectivity index (χ1n) is 3.36. The summed E-state index contributed by atoms with van der Waals surface area (Å²) in [6.07, 6.45) is 5.64. The van der Waals surface area contributed by atoms with Crippen LogP contribution in [0.1, 0.15) is 12.8 Å². The Kier molecular flexibility index (Phi) is 2.31.